The number of barbiturate groups is 1. The number of imide groups is 2. The van der Waals surface area contributed by atoms with Gasteiger partial charge in [0.1, 0.15) is 17.1 Å². The van der Waals surface area contributed by atoms with E-state index in [1.54, 1.807) is 24.3 Å². The van der Waals surface area contributed by atoms with Crippen LogP contribution in [0.1, 0.15) is 18.2 Å². The van der Waals surface area contributed by atoms with E-state index >= 15 is 0 Å². The molecule has 0 radical (unpaired) electrons. The van der Waals surface area contributed by atoms with Crippen LogP contribution in [0.4, 0.5) is 10.5 Å². The van der Waals surface area contributed by atoms with Gasteiger partial charge in [-0.3, -0.25) is 14.9 Å². The van der Waals surface area contributed by atoms with Crippen LogP contribution in [-0.2, 0) is 16.0 Å². The van der Waals surface area contributed by atoms with E-state index in [1.165, 1.54) is 6.08 Å². The quantitative estimate of drug-likeness (QED) is 0.438. The predicted octanol–water partition coefficient (Wildman–Crippen LogP) is 4.94. The van der Waals surface area contributed by atoms with E-state index in [2.05, 4.69) is 21.2 Å². The Bertz CT molecular complexity index is 1160. The van der Waals surface area contributed by atoms with E-state index < -0.39 is 17.8 Å². The molecule has 1 N–H and O–H groups in total. The number of benzene rings is 2. The molecule has 0 aliphatic carbocycles. The standard InChI is InChI=1S/C23H17BrN2O4/c1-2-14-3-9-17(10-4-14)26-22(28)19(21(27)25-23(26)29)13-18-11-12-20(30-18)15-5-7-16(24)8-6-15/h3-13H,2H2,1H3,(H,25,27,29). The Hall–Kier alpha value is -3.45. The first-order chi connectivity index (χ1) is 14.5. The number of amides is 4. The monoisotopic (exact) mass is 464 g/mol. The van der Waals surface area contributed by atoms with E-state index in [-0.39, 0.29) is 5.57 Å². The number of urea groups is 1. The molecule has 1 fully saturated rings. The predicted molar refractivity (Wildman–Crippen MR) is 117 cm³/mol. The van der Waals surface area contributed by atoms with Crippen molar-refractivity contribution in [3.8, 4) is 11.3 Å². The maximum absolute atomic E-state index is 12.9. The number of aryl methyl sites for hydroxylation is 1. The Morgan fingerprint density at radius 1 is 0.967 bits per heavy atom. The summed E-state index contributed by atoms with van der Waals surface area (Å²) in [6.07, 6.45) is 2.18. The molecule has 6 nitrogen and oxygen atoms in total. The topological polar surface area (TPSA) is 79.6 Å². The molecule has 0 bridgehead atoms. The molecule has 1 saturated heterocycles. The fourth-order valence-corrected chi connectivity index (χ4v) is 3.38. The molecule has 0 saturated carbocycles. The molecule has 1 aliphatic rings. The van der Waals surface area contributed by atoms with Gasteiger partial charge in [-0.05, 0) is 54.5 Å². The number of rotatable bonds is 4. The van der Waals surface area contributed by atoms with E-state index in [4.69, 9.17) is 4.42 Å². The Balaban J connectivity index is 1.65. The third kappa shape index (κ3) is 3.84. The zero-order valence-electron chi connectivity index (χ0n) is 16.0. The van der Waals surface area contributed by atoms with Crippen LogP contribution in [0.2, 0.25) is 0 Å². The van der Waals surface area contributed by atoms with Crippen LogP contribution >= 0.6 is 15.9 Å². The first-order valence-electron chi connectivity index (χ1n) is 9.32. The van der Waals surface area contributed by atoms with Gasteiger partial charge < -0.3 is 4.42 Å². The summed E-state index contributed by atoms with van der Waals surface area (Å²) in [7, 11) is 0. The minimum atomic E-state index is -0.776. The second-order valence-electron chi connectivity index (χ2n) is 6.69. The minimum absolute atomic E-state index is 0.175. The van der Waals surface area contributed by atoms with Gasteiger partial charge in [-0.2, -0.15) is 0 Å². The molecule has 0 spiro atoms. The summed E-state index contributed by atoms with van der Waals surface area (Å²) in [6, 6.07) is 17.3. The summed E-state index contributed by atoms with van der Waals surface area (Å²) in [5.74, 6) is -0.522. The second kappa shape index (κ2) is 8.12. The molecular formula is C23H17BrN2O4. The van der Waals surface area contributed by atoms with Gasteiger partial charge in [0.05, 0.1) is 5.69 Å². The van der Waals surface area contributed by atoms with Crippen molar-refractivity contribution in [2.24, 2.45) is 0 Å². The van der Waals surface area contributed by atoms with Gasteiger partial charge in [0, 0.05) is 10.0 Å². The molecule has 2 aromatic carbocycles. The summed E-state index contributed by atoms with van der Waals surface area (Å²) in [5.41, 5.74) is 2.15. The van der Waals surface area contributed by atoms with Crippen molar-refractivity contribution in [2.75, 3.05) is 4.90 Å². The molecule has 0 atom stereocenters. The number of hydrogen-bond acceptors (Lipinski definition) is 4. The fourth-order valence-electron chi connectivity index (χ4n) is 3.11. The number of furan rings is 1. The normalized spacial score (nSPS) is 15.6. The zero-order chi connectivity index (χ0) is 21.3. The number of carbonyl (C=O) groups is 3. The van der Waals surface area contributed by atoms with Crippen molar-refractivity contribution in [1.82, 2.24) is 5.32 Å². The van der Waals surface area contributed by atoms with Crippen LogP contribution in [0, 0.1) is 0 Å². The van der Waals surface area contributed by atoms with Gasteiger partial charge in [0.2, 0.25) is 0 Å². The number of halogens is 1. The Morgan fingerprint density at radius 2 is 1.67 bits per heavy atom. The summed E-state index contributed by atoms with van der Waals surface area (Å²) in [4.78, 5) is 38.5. The van der Waals surface area contributed by atoms with Crippen LogP contribution in [0.25, 0.3) is 17.4 Å². The molecule has 1 aromatic heterocycles. The number of hydrogen-bond donors (Lipinski definition) is 1. The fraction of sp³-hybridized carbons (Fsp3) is 0.0870. The van der Waals surface area contributed by atoms with Crippen molar-refractivity contribution >= 4 is 45.5 Å². The third-order valence-corrected chi connectivity index (χ3v) is 5.28. The average Bonchev–Trinajstić information content (AvgIpc) is 3.21. The lowest BCUT2D eigenvalue weighted by molar-refractivity contribution is -0.122. The lowest BCUT2D eigenvalue weighted by Crippen LogP contribution is -2.54. The van der Waals surface area contributed by atoms with Gasteiger partial charge >= 0.3 is 6.03 Å². The zero-order valence-corrected chi connectivity index (χ0v) is 17.6. The van der Waals surface area contributed by atoms with E-state index in [0.29, 0.717) is 17.2 Å². The van der Waals surface area contributed by atoms with Gasteiger partial charge in [-0.25, -0.2) is 9.69 Å². The smallest absolute Gasteiger partial charge is 0.335 e. The number of anilines is 1. The van der Waals surface area contributed by atoms with Crippen LogP contribution in [0.15, 0.2) is 75.1 Å². The molecule has 2 heterocycles. The van der Waals surface area contributed by atoms with Crippen molar-refractivity contribution in [3.63, 3.8) is 0 Å². The molecular weight excluding hydrogens is 448 g/mol. The van der Waals surface area contributed by atoms with Crippen LogP contribution in [0.5, 0.6) is 0 Å². The Morgan fingerprint density at radius 3 is 2.33 bits per heavy atom. The first kappa shape index (κ1) is 19.8. The molecule has 150 valence electrons. The van der Waals surface area contributed by atoms with Gasteiger partial charge in [0.25, 0.3) is 11.8 Å². The number of nitrogens with one attached hydrogen (secondary N) is 1. The summed E-state index contributed by atoms with van der Waals surface area (Å²) >= 11 is 3.39. The van der Waals surface area contributed by atoms with Crippen molar-refractivity contribution < 1.29 is 18.8 Å². The van der Waals surface area contributed by atoms with Crippen LogP contribution in [0.3, 0.4) is 0 Å². The SMILES string of the molecule is CCc1ccc(N2C(=O)NC(=O)C(=Cc3ccc(-c4ccc(Br)cc4)o3)C2=O)cc1. The van der Waals surface area contributed by atoms with Crippen molar-refractivity contribution in [1.29, 1.82) is 0 Å². The highest BCUT2D eigenvalue weighted by Crippen LogP contribution is 2.27. The largest absolute Gasteiger partial charge is 0.457 e. The van der Waals surface area contributed by atoms with E-state index in [0.717, 1.165) is 26.9 Å². The lowest BCUT2D eigenvalue weighted by Gasteiger charge is -2.26. The molecule has 7 heteroatoms. The second-order valence-corrected chi connectivity index (χ2v) is 7.60. The average molecular weight is 465 g/mol. The lowest BCUT2D eigenvalue weighted by atomic mass is 10.1. The highest BCUT2D eigenvalue weighted by Gasteiger charge is 2.37. The first-order valence-corrected chi connectivity index (χ1v) is 10.1. The summed E-state index contributed by atoms with van der Waals surface area (Å²) in [6.45, 7) is 2.01. The van der Waals surface area contributed by atoms with Gasteiger partial charge in [0.15, 0.2) is 0 Å². The number of carbonyl (C=O) groups excluding carboxylic acids is 3. The molecule has 4 rings (SSSR count). The summed E-state index contributed by atoms with van der Waals surface area (Å²) < 4.78 is 6.73. The van der Waals surface area contributed by atoms with E-state index in [9.17, 15) is 14.4 Å². The molecule has 3 aromatic rings. The molecule has 30 heavy (non-hydrogen) atoms. The van der Waals surface area contributed by atoms with Crippen molar-refractivity contribution in [2.45, 2.75) is 13.3 Å². The maximum Gasteiger partial charge on any atom is 0.335 e. The highest BCUT2D eigenvalue weighted by molar-refractivity contribution is 9.10. The van der Waals surface area contributed by atoms with Crippen LogP contribution in [-0.4, -0.2) is 17.8 Å². The Labute approximate surface area is 181 Å². The molecule has 0 unspecified atom stereocenters. The highest BCUT2D eigenvalue weighted by atomic mass is 79.9. The molecule has 4 amide bonds. The third-order valence-electron chi connectivity index (χ3n) is 4.75. The van der Waals surface area contributed by atoms with Crippen LogP contribution < -0.4 is 10.2 Å². The maximum atomic E-state index is 12.9. The molecule has 1 aliphatic heterocycles. The minimum Gasteiger partial charge on any atom is -0.457 e. The van der Waals surface area contributed by atoms with E-state index in [1.807, 2.05) is 43.3 Å². The Kier molecular flexibility index (Phi) is 5.37. The number of nitrogens with zero attached hydrogens (tertiary/aromatic N) is 1. The van der Waals surface area contributed by atoms with Gasteiger partial charge in [-0.1, -0.05) is 47.1 Å². The summed E-state index contributed by atoms with van der Waals surface area (Å²) in [5, 5.41) is 2.21. The van der Waals surface area contributed by atoms with Crippen molar-refractivity contribution in [3.05, 3.63) is 82.0 Å². The van der Waals surface area contributed by atoms with Gasteiger partial charge in [-0.15, -0.1) is 0 Å².